The van der Waals surface area contributed by atoms with Crippen molar-refractivity contribution in [1.29, 1.82) is 0 Å². The van der Waals surface area contributed by atoms with Gasteiger partial charge in [-0.25, -0.2) is 4.39 Å². The van der Waals surface area contributed by atoms with Crippen LogP contribution < -0.4 is 10.6 Å². The SMILES string of the molecule is CN1CC(NCC2CCC(CC3CCCC(F)C3)CN2)CCC1=O. The summed E-state index contributed by atoms with van der Waals surface area (Å²) >= 11 is 0. The van der Waals surface area contributed by atoms with Crippen LogP contribution in [0.1, 0.15) is 57.8 Å². The fourth-order valence-electron chi connectivity index (χ4n) is 4.75. The fourth-order valence-corrected chi connectivity index (χ4v) is 4.75. The maximum atomic E-state index is 13.5. The van der Waals surface area contributed by atoms with Crippen molar-refractivity contribution in [2.45, 2.75) is 76.0 Å². The molecular formula is C19H34FN3O. The molecule has 1 saturated carbocycles. The Balaban J connectivity index is 1.31. The third-order valence-corrected chi connectivity index (χ3v) is 6.28. The third kappa shape index (κ3) is 5.16. The lowest BCUT2D eigenvalue weighted by Crippen LogP contribution is -2.51. The summed E-state index contributed by atoms with van der Waals surface area (Å²) in [6, 6.07) is 0.986. The van der Waals surface area contributed by atoms with Gasteiger partial charge in [0.25, 0.3) is 0 Å². The van der Waals surface area contributed by atoms with Crippen LogP contribution in [0.4, 0.5) is 4.39 Å². The lowest BCUT2D eigenvalue weighted by atomic mass is 9.79. The Morgan fingerprint density at radius 3 is 2.79 bits per heavy atom. The monoisotopic (exact) mass is 339 g/mol. The van der Waals surface area contributed by atoms with E-state index in [0.717, 1.165) is 51.2 Å². The lowest BCUT2D eigenvalue weighted by molar-refractivity contribution is -0.132. The van der Waals surface area contributed by atoms with E-state index in [1.54, 1.807) is 0 Å². The molecule has 138 valence electrons. The summed E-state index contributed by atoms with van der Waals surface area (Å²) in [5.74, 6) is 1.62. The molecule has 2 heterocycles. The van der Waals surface area contributed by atoms with Gasteiger partial charge in [0.2, 0.25) is 5.91 Å². The first-order valence-corrected chi connectivity index (χ1v) is 9.95. The van der Waals surface area contributed by atoms with Crippen molar-refractivity contribution in [3.05, 3.63) is 0 Å². The predicted molar refractivity (Wildman–Crippen MR) is 94.6 cm³/mol. The number of piperidine rings is 2. The number of rotatable bonds is 5. The van der Waals surface area contributed by atoms with Gasteiger partial charge in [0.1, 0.15) is 6.17 Å². The minimum Gasteiger partial charge on any atom is -0.344 e. The number of nitrogens with one attached hydrogen (secondary N) is 2. The summed E-state index contributed by atoms with van der Waals surface area (Å²) in [6.45, 7) is 2.92. The highest BCUT2D eigenvalue weighted by Crippen LogP contribution is 2.33. The molecule has 0 aromatic carbocycles. The quantitative estimate of drug-likeness (QED) is 0.809. The van der Waals surface area contributed by atoms with Gasteiger partial charge in [-0.3, -0.25) is 4.79 Å². The maximum absolute atomic E-state index is 13.5. The number of likely N-dealkylation sites (tertiary alicyclic amines) is 1. The molecule has 5 unspecified atom stereocenters. The zero-order valence-corrected chi connectivity index (χ0v) is 15.1. The predicted octanol–water partition coefficient (Wildman–Crippen LogP) is 2.48. The molecule has 3 rings (SSSR count). The van der Waals surface area contributed by atoms with Crippen LogP contribution >= 0.6 is 0 Å². The number of likely N-dealkylation sites (N-methyl/N-ethyl adjacent to an activating group) is 1. The first-order valence-electron chi connectivity index (χ1n) is 9.95. The van der Waals surface area contributed by atoms with Gasteiger partial charge in [-0.15, -0.1) is 0 Å². The van der Waals surface area contributed by atoms with E-state index in [1.807, 2.05) is 11.9 Å². The van der Waals surface area contributed by atoms with E-state index in [1.165, 1.54) is 25.7 Å². The number of hydrogen-bond donors (Lipinski definition) is 2. The third-order valence-electron chi connectivity index (χ3n) is 6.28. The minimum atomic E-state index is -0.544. The second-order valence-electron chi connectivity index (χ2n) is 8.33. The van der Waals surface area contributed by atoms with Crippen LogP contribution in [-0.2, 0) is 4.79 Å². The second-order valence-corrected chi connectivity index (χ2v) is 8.33. The van der Waals surface area contributed by atoms with E-state index in [2.05, 4.69) is 10.6 Å². The van der Waals surface area contributed by atoms with E-state index < -0.39 is 6.17 Å². The van der Waals surface area contributed by atoms with Gasteiger partial charge in [0, 0.05) is 38.6 Å². The van der Waals surface area contributed by atoms with Gasteiger partial charge < -0.3 is 15.5 Å². The summed E-state index contributed by atoms with van der Waals surface area (Å²) in [5.41, 5.74) is 0. The average Bonchev–Trinajstić information content (AvgIpc) is 2.57. The highest BCUT2D eigenvalue weighted by molar-refractivity contribution is 5.76. The zero-order valence-electron chi connectivity index (χ0n) is 15.1. The lowest BCUT2D eigenvalue weighted by Gasteiger charge is -2.35. The topological polar surface area (TPSA) is 44.4 Å². The molecule has 5 atom stereocenters. The van der Waals surface area contributed by atoms with Crippen molar-refractivity contribution >= 4 is 5.91 Å². The summed E-state index contributed by atoms with van der Waals surface area (Å²) in [5, 5.41) is 7.33. The number of nitrogens with zero attached hydrogens (tertiary/aromatic N) is 1. The first-order chi connectivity index (χ1) is 11.6. The molecular weight excluding hydrogens is 305 g/mol. The van der Waals surface area contributed by atoms with Gasteiger partial charge in [0.05, 0.1) is 0 Å². The van der Waals surface area contributed by atoms with Crippen LogP contribution in [-0.4, -0.2) is 55.7 Å². The Hall–Kier alpha value is -0.680. The molecule has 4 nitrogen and oxygen atoms in total. The van der Waals surface area contributed by atoms with Crippen molar-refractivity contribution in [3.8, 4) is 0 Å². The standard InChI is InChI=1S/C19H34FN3O/c1-23-13-18(7-8-19(23)24)22-12-17-6-5-15(11-21-17)9-14-3-2-4-16(20)10-14/h14-18,21-22H,2-13H2,1H3. The highest BCUT2D eigenvalue weighted by atomic mass is 19.1. The molecule has 1 aliphatic carbocycles. The second kappa shape index (κ2) is 8.61. The molecule has 2 saturated heterocycles. The number of halogens is 1. The van der Waals surface area contributed by atoms with Crippen molar-refractivity contribution < 1.29 is 9.18 Å². The van der Waals surface area contributed by atoms with Crippen LogP contribution in [0.3, 0.4) is 0 Å². The molecule has 0 spiro atoms. The number of amides is 1. The maximum Gasteiger partial charge on any atom is 0.222 e. The van der Waals surface area contributed by atoms with Gasteiger partial charge >= 0.3 is 0 Å². The number of carbonyl (C=O) groups excluding carboxylic acids is 1. The Bertz CT molecular complexity index is 411. The molecule has 2 aliphatic heterocycles. The normalized spacial score (nSPS) is 38.3. The molecule has 3 fully saturated rings. The summed E-state index contributed by atoms with van der Waals surface area (Å²) < 4.78 is 13.5. The Kier molecular flexibility index (Phi) is 6.50. The Morgan fingerprint density at radius 1 is 1.21 bits per heavy atom. The van der Waals surface area contributed by atoms with Crippen molar-refractivity contribution in [3.63, 3.8) is 0 Å². The van der Waals surface area contributed by atoms with Crippen LogP contribution in [0.15, 0.2) is 0 Å². The average molecular weight is 339 g/mol. The van der Waals surface area contributed by atoms with Crippen LogP contribution in [0.2, 0.25) is 0 Å². The smallest absolute Gasteiger partial charge is 0.222 e. The van der Waals surface area contributed by atoms with E-state index in [9.17, 15) is 9.18 Å². The molecule has 1 amide bonds. The highest BCUT2D eigenvalue weighted by Gasteiger charge is 2.28. The summed E-state index contributed by atoms with van der Waals surface area (Å²) in [7, 11) is 1.90. The van der Waals surface area contributed by atoms with Crippen LogP contribution in [0, 0.1) is 11.8 Å². The Morgan fingerprint density at radius 2 is 2.08 bits per heavy atom. The van der Waals surface area contributed by atoms with Gasteiger partial charge in [0.15, 0.2) is 0 Å². The summed E-state index contributed by atoms with van der Waals surface area (Å²) in [4.78, 5) is 13.4. The molecule has 24 heavy (non-hydrogen) atoms. The van der Waals surface area contributed by atoms with Gasteiger partial charge in [-0.1, -0.05) is 12.8 Å². The van der Waals surface area contributed by atoms with Gasteiger partial charge in [-0.2, -0.15) is 0 Å². The summed E-state index contributed by atoms with van der Waals surface area (Å²) in [6.07, 6.45) is 8.69. The minimum absolute atomic E-state index is 0.268. The molecule has 0 bridgehead atoms. The molecule has 5 heteroatoms. The van der Waals surface area contributed by atoms with Crippen LogP contribution in [0.25, 0.3) is 0 Å². The Labute approximate surface area is 145 Å². The molecule has 0 radical (unpaired) electrons. The van der Waals surface area contributed by atoms with Crippen molar-refractivity contribution in [2.24, 2.45) is 11.8 Å². The van der Waals surface area contributed by atoms with Gasteiger partial charge in [-0.05, 0) is 56.9 Å². The van der Waals surface area contributed by atoms with E-state index >= 15 is 0 Å². The van der Waals surface area contributed by atoms with E-state index in [4.69, 9.17) is 0 Å². The van der Waals surface area contributed by atoms with E-state index in [-0.39, 0.29) is 5.91 Å². The van der Waals surface area contributed by atoms with Crippen molar-refractivity contribution in [2.75, 3.05) is 26.7 Å². The number of alkyl halides is 1. The first kappa shape index (κ1) is 18.1. The fraction of sp³-hybridized carbons (Fsp3) is 0.947. The molecule has 3 aliphatic rings. The number of hydrogen-bond acceptors (Lipinski definition) is 3. The molecule has 0 aromatic rings. The number of carbonyl (C=O) groups is 1. The molecule has 0 aromatic heterocycles. The van der Waals surface area contributed by atoms with Crippen molar-refractivity contribution in [1.82, 2.24) is 15.5 Å². The largest absolute Gasteiger partial charge is 0.344 e. The zero-order chi connectivity index (χ0) is 16.9. The molecule has 2 N–H and O–H groups in total. The van der Waals surface area contributed by atoms with E-state index in [0.29, 0.717) is 24.4 Å². The van der Waals surface area contributed by atoms with Crippen LogP contribution in [0.5, 0.6) is 0 Å².